The third-order valence-electron chi connectivity index (χ3n) is 4.81. The first-order valence-corrected chi connectivity index (χ1v) is 10.9. The van der Waals surface area contributed by atoms with Crippen molar-refractivity contribution in [2.75, 3.05) is 31.0 Å². The zero-order valence-corrected chi connectivity index (χ0v) is 18.8. The third kappa shape index (κ3) is 4.24. The van der Waals surface area contributed by atoms with Crippen molar-refractivity contribution in [1.29, 1.82) is 5.26 Å². The summed E-state index contributed by atoms with van der Waals surface area (Å²) < 4.78 is 6.54. The first-order valence-electron chi connectivity index (χ1n) is 10.1. The third-order valence-corrected chi connectivity index (χ3v) is 6.03. The number of nitriles is 1. The molecule has 0 saturated heterocycles. The number of hydrogen-bond donors (Lipinski definition) is 1. The Hall–Kier alpha value is -3.96. The van der Waals surface area contributed by atoms with Gasteiger partial charge in [0.05, 0.1) is 28.0 Å². The molecule has 8 heteroatoms. The van der Waals surface area contributed by atoms with Gasteiger partial charge in [-0.1, -0.05) is 24.3 Å². The molecule has 0 fully saturated rings. The highest BCUT2D eigenvalue weighted by Crippen LogP contribution is 2.43. The fourth-order valence-corrected chi connectivity index (χ4v) is 4.42. The number of benzene rings is 2. The van der Waals surface area contributed by atoms with Crippen LogP contribution in [-0.2, 0) is 0 Å². The number of hydrazone groups is 1. The maximum absolute atomic E-state index is 9.87. The monoisotopic (exact) mass is 442 g/mol. The van der Waals surface area contributed by atoms with Crippen molar-refractivity contribution in [3.8, 4) is 22.3 Å². The summed E-state index contributed by atoms with van der Waals surface area (Å²) in [7, 11) is 4.01. The summed E-state index contributed by atoms with van der Waals surface area (Å²) in [4.78, 5) is 11.6. The summed E-state index contributed by atoms with van der Waals surface area (Å²) in [5, 5.41) is 14.2. The predicted molar refractivity (Wildman–Crippen MR) is 131 cm³/mol. The fourth-order valence-electron chi connectivity index (χ4n) is 3.24. The Kier molecular flexibility index (Phi) is 6.29. The van der Waals surface area contributed by atoms with Crippen LogP contribution in [0.15, 0.2) is 60.0 Å². The van der Waals surface area contributed by atoms with Crippen LogP contribution >= 0.6 is 11.3 Å². The number of hydrogen-bond acceptors (Lipinski definition) is 8. The molecule has 2 heterocycles. The Balaban J connectivity index is 1.68. The highest BCUT2D eigenvalue weighted by atomic mass is 32.1. The van der Waals surface area contributed by atoms with Crippen molar-refractivity contribution in [1.82, 2.24) is 9.97 Å². The molecule has 32 heavy (non-hydrogen) atoms. The summed E-state index contributed by atoms with van der Waals surface area (Å²) in [6.07, 6.45) is 3.18. The van der Waals surface area contributed by atoms with E-state index in [9.17, 15) is 5.26 Å². The fraction of sp³-hybridized carbons (Fsp3) is 0.167. The van der Waals surface area contributed by atoms with E-state index in [-0.39, 0.29) is 0 Å². The van der Waals surface area contributed by atoms with Gasteiger partial charge in [-0.15, -0.1) is 11.3 Å². The van der Waals surface area contributed by atoms with Crippen LogP contribution in [-0.4, -0.2) is 36.9 Å². The zero-order chi connectivity index (χ0) is 22.5. The van der Waals surface area contributed by atoms with Crippen LogP contribution in [0.3, 0.4) is 0 Å². The second kappa shape index (κ2) is 9.45. The number of ether oxygens (including phenoxy) is 1. The van der Waals surface area contributed by atoms with Gasteiger partial charge < -0.3 is 9.64 Å². The van der Waals surface area contributed by atoms with E-state index < -0.39 is 0 Å². The van der Waals surface area contributed by atoms with Gasteiger partial charge in [0.2, 0.25) is 0 Å². The lowest BCUT2D eigenvalue weighted by Crippen LogP contribution is -2.08. The molecule has 0 amide bonds. The summed E-state index contributed by atoms with van der Waals surface area (Å²) in [6.45, 7) is 2.48. The molecule has 0 aliphatic carbocycles. The maximum atomic E-state index is 9.87. The molecule has 7 nitrogen and oxygen atoms in total. The van der Waals surface area contributed by atoms with Gasteiger partial charge in [0.1, 0.15) is 23.7 Å². The van der Waals surface area contributed by atoms with Crippen LogP contribution in [0, 0.1) is 11.3 Å². The van der Waals surface area contributed by atoms with Crippen molar-refractivity contribution in [2.45, 2.75) is 6.92 Å². The average molecular weight is 443 g/mol. The lowest BCUT2D eigenvalue weighted by Gasteiger charge is -2.11. The number of fused-ring (bicyclic) bond motifs is 1. The van der Waals surface area contributed by atoms with Gasteiger partial charge in [-0.25, -0.2) is 9.97 Å². The van der Waals surface area contributed by atoms with E-state index in [0.29, 0.717) is 23.5 Å². The van der Waals surface area contributed by atoms with Crippen molar-refractivity contribution in [3.63, 3.8) is 0 Å². The lowest BCUT2D eigenvalue weighted by atomic mass is 10.1. The highest BCUT2D eigenvalue weighted by Gasteiger charge is 2.20. The molecule has 0 aliphatic heterocycles. The molecule has 0 saturated carbocycles. The normalized spacial score (nSPS) is 10.9. The number of aromatic nitrogens is 2. The predicted octanol–water partition coefficient (Wildman–Crippen LogP) is 5.14. The molecule has 4 rings (SSSR count). The van der Waals surface area contributed by atoms with E-state index >= 15 is 0 Å². The second-order valence-electron chi connectivity index (χ2n) is 7.10. The molecule has 0 aliphatic rings. The second-order valence-corrected chi connectivity index (χ2v) is 8.12. The van der Waals surface area contributed by atoms with E-state index in [4.69, 9.17) is 4.74 Å². The van der Waals surface area contributed by atoms with Gasteiger partial charge in [-0.05, 0) is 36.8 Å². The minimum absolute atomic E-state index is 0.505. The molecule has 2 aromatic heterocycles. The first-order chi connectivity index (χ1) is 15.6. The standard InChI is InChI=1S/C24H22N6OS/c1-4-31-20-8-6-5-7-18(20)22-19(13-25)21-23(32-22)24(27-15-26-21)29-28-14-16-9-11-17(12-10-16)30(2)3/h5-12,14-15H,4H2,1-3H3,(H,26,27,29)/b28-14+. The molecular weight excluding hydrogens is 420 g/mol. The van der Waals surface area contributed by atoms with E-state index in [2.05, 4.69) is 26.6 Å². The Labute approximate surface area is 190 Å². The molecule has 4 aromatic rings. The molecular formula is C24H22N6OS. The van der Waals surface area contributed by atoms with E-state index in [0.717, 1.165) is 32.1 Å². The van der Waals surface area contributed by atoms with E-state index in [1.807, 2.05) is 74.4 Å². The minimum Gasteiger partial charge on any atom is -0.493 e. The van der Waals surface area contributed by atoms with Gasteiger partial charge in [0.15, 0.2) is 5.82 Å². The molecule has 0 bridgehead atoms. The number of nitrogens with zero attached hydrogens (tertiary/aromatic N) is 5. The molecule has 160 valence electrons. The topological polar surface area (TPSA) is 86.4 Å². The molecule has 0 radical (unpaired) electrons. The van der Waals surface area contributed by atoms with Crippen LogP contribution < -0.4 is 15.1 Å². The van der Waals surface area contributed by atoms with Crippen molar-refractivity contribution in [3.05, 3.63) is 66.0 Å². The zero-order valence-electron chi connectivity index (χ0n) is 18.0. The van der Waals surface area contributed by atoms with Crippen molar-refractivity contribution >= 4 is 39.3 Å². The summed E-state index contributed by atoms with van der Waals surface area (Å²) in [5.74, 6) is 1.29. The summed E-state index contributed by atoms with van der Waals surface area (Å²) in [6, 6.07) is 18.1. The average Bonchev–Trinajstić information content (AvgIpc) is 3.19. The molecule has 0 spiro atoms. The number of anilines is 2. The molecule has 0 atom stereocenters. The highest BCUT2D eigenvalue weighted by molar-refractivity contribution is 7.23. The van der Waals surface area contributed by atoms with E-state index in [1.165, 1.54) is 17.7 Å². The maximum Gasteiger partial charge on any atom is 0.167 e. The van der Waals surface area contributed by atoms with E-state index in [1.54, 1.807) is 6.21 Å². The van der Waals surface area contributed by atoms with Gasteiger partial charge in [0, 0.05) is 25.3 Å². The molecule has 2 aromatic carbocycles. The first kappa shape index (κ1) is 21.3. The number of thiophene rings is 1. The van der Waals surface area contributed by atoms with Gasteiger partial charge in [-0.2, -0.15) is 10.4 Å². The Bertz CT molecular complexity index is 1300. The molecule has 0 unspecified atom stereocenters. The van der Waals surface area contributed by atoms with Crippen molar-refractivity contribution in [2.24, 2.45) is 5.10 Å². The quantitative estimate of drug-likeness (QED) is 0.315. The van der Waals surface area contributed by atoms with Crippen LogP contribution in [0.4, 0.5) is 11.5 Å². The van der Waals surface area contributed by atoms with Gasteiger partial charge >= 0.3 is 0 Å². The summed E-state index contributed by atoms with van der Waals surface area (Å²) >= 11 is 1.45. The van der Waals surface area contributed by atoms with Crippen LogP contribution in [0.25, 0.3) is 20.7 Å². The number of nitrogens with one attached hydrogen (secondary N) is 1. The Morgan fingerprint density at radius 1 is 1.16 bits per heavy atom. The smallest absolute Gasteiger partial charge is 0.167 e. The summed E-state index contributed by atoms with van der Waals surface area (Å²) in [5.41, 5.74) is 7.06. The van der Waals surface area contributed by atoms with Crippen LogP contribution in [0.1, 0.15) is 18.1 Å². The van der Waals surface area contributed by atoms with Crippen LogP contribution in [0.2, 0.25) is 0 Å². The van der Waals surface area contributed by atoms with Gasteiger partial charge in [0.25, 0.3) is 0 Å². The largest absolute Gasteiger partial charge is 0.493 e. The van der Waals surface area contributed by atoms with Crippen LogP contribution in [0.5, 0.6) is 5.75 Å². The van der Waals surface area contributed by atoms with Crippen molar-refractivity contribution < 1.29 is 4.74 Å². The minimum atomic E-state index is 0.505. The lowest BCUT2D eigenvalue weighted by molar-refractivity contribution is 0.341. The Morgan fingerprint density at radius 3 is 2.66 bits per heavy atom. The SMILES string of the molecule is CCOc1ccccc1-c1sc2c(N/N=C/c3ccc(N(C)C)cc3)ncnc2c1C#N. The molecule has 1 N–H and O–H groups in total. The Morgan fingerprint density at radius 2 is 1.94 bits per heavy atom. The number of para-hydroxylation sites is 1. The van der Waals surface area contributed by atoms with Gasteiger partial charge in [-0.3, -0.25) is 5.43 Å². The number of rotatable bonds is 7.